The van der Waals surface area contributed by atoms with Gasteiger partial charge in [0.2, 0.25) is 5.91 Å². The summed E-state index contributed by atoms with van der Waals surface area (Å²) in [4.78, 5) is 11.9. The van der Waals surface area contributed by atoms with Crippen molar-refractivity contribution in [1.82, 2.24) is 5.32 Å². The number of hydrogen-bond donors (Lipinski definition) is 2. The van der Waals surface area contributed by atoms with Crippen molar-refractivity contribution in [3.8, 4) is 5.75 Å². The van der Waals surface area contributed by atoms with Gasteiger partial charge in [0.15, 0.2) is 0 Å². The van der Waals surface area contributed by atoms with E-state index in [1.54, 1.807) is 0 Å². The van der Waals surface area contributed by atoms with E-state index < -0.39 is 0 Å². The van der Waals surface area contributed by atoms with E-state index in [1.807, 2.05) is 62.4 Å². The van der Waals surface area contributed by atoms with Gasteiger partial charge in [-0.05, 0) is 62.2 Å². The molecule has 0 bridgehead atoms. The molecule has 0 unspecified atom stereocenters. The minimum Gasteiger partial charge on any atom is -0.491 e. The molecule has 0 radical (unpaired) electrons. The van der Waals surface area contributed by atoms with Crippen molar-refractivity contribution in [2.45, 2.75) is 26.4 Å². The summed E-state index contributed by atoms with van der Waals surface area (Å²) in [5.74, 6) is 0.787. The number of nitrogens with one attached hydrogen (secondary N) is 2. The van der Waals surface area contributed by atoms with Crippen LogP contribution in [0.3, 0.4) is 0 Å². The maximum Gasteiger partial charge on any atom is 0.239 e. The second kappa shape index (κ2) is 9.18. The summed E-state index contributed by atoms with van der Waals surface area (Å²) in [5.41, 5.74) is 2.03. The molecule has 0 aromatic heterocycles. The summed E-state index contributed by atoms with van der Waals surface area (Å²) in [6.07, 6.45) is 0.930. The van der Waals surface area contributed by atoms with Crippen molar-refractivity contribution in [2.75, 3.05) is 18.4 Å². The molecule has 0 heterocycles. The van der Waals surface area contributed by atoms with Crippen LogP contribution in [0, 0.1) is 0 Å². The zero-order valence-electron chi connectivity index (χ0n) is 14.0. The molecule has 4 nitrogen and oxygen atoms in total. The largest absolute Gasteiger partial charge is 0.491 e. The number of anilines is 1. The fourth-order valence-corrected chi connectivity index (χ4v) is 2.29. The Bertz CT molecular complexity index is 639. The van der Waals surface area contributed by atoms with Crippen LogP contribution in [0.4, 0.5) is 5.69 Å². The Labute approximate surface area is 148 Å². The van der Waals surface area contributed by atoms with Crippen molar-refractivity contribution in [2.24, 2.45) is 0 Å². The maximum absolute atomic E-state index is 11.9. The molecule has 0 fully saturated rings. The number of carbonyl (C=O) groups is 1. The van der Waals surface area contributed by atoms with Gasteiger partial charge in [0.05, 0.1) is 12.6 Å². The molecule has 0 spiro atoms. The molecule has 128 valence electrons. The van der Waals surface area contributed by atoms with Gasteiger partial charge in [-0.1, -0.05) is 23.7 Å². The Balaban J connectivity index is 1.68. The van der Waals surface area contributed by atoms with E-state index in [-0.39, 0.29) is 18.6 Å². The van der Waals surface area contributed by atoms with Gasteiger partial charge < -0.3 is 15.4 Å². The molecule has 5 heteroatoms. The first-order valence-electron chi connectivity index (χ1n) is 8.04. The highest BCUT2D eigenvalue weighted by atomic mass is 35.5. The van der Waals surface area contributed by atoms with Crippen molar-refractivity contribution >= 4 is 23.2 Å². The van der Waals surface area contributed by atoms with Crippen LogP contribution >= 0.6 is 11.6 Å². The summed E-state index contributed by atoms with van der Waals surface area (Å²) in [6.45, 7) is 4.81. The van der Waals surface area contributed by atoms with Crippen LogP contribution in [-0.4, -0.2) is 25.1 Å². The molecule has 24 heavy (non-hydrogen) atoms. The van der Waals surface area contributed by atoms with Gasteiger partial charge in [-0.2, -0.15) is 0 Å². The third-order valence-electron chi connectivity index (χ3n) is 3.33. The summed E-state index contributed by atoms with van der Waals surface area (Å²) in [6, 6.07) is 15.2. The minimum absolute atomic E-state index is 0.0357. The summed E-state index contributed by atoms with van der Waals surface area (Å²) in [5, 5.41) is 6.71. The lowest BCUT2D eigenvalue weighted by Crippen LogP contribution is -2.31. The number of hydrogen-bond acceptors (Lipinski definition) is 3. The third-order valence-corrected chi connectivity index (χ3v) is 3.58. The fourth-order valence-electron chi connectivity index (χ4n) is 2.17. The van der Waals surface area contributed by atoms with Gasteiger partial charge in [-0.25, -0.2) is 0 Å². The lowest BCUT2D eigenvalue weighted by Gasteiger charge is -2.11. The van der Waals surface area contributed by atoms with Crippen molar-refractivity contribution < 1.29 is 9.53 Å². The average Bonchev–Trinajstić information content (AvgIpc) is 2.55. The van der Waals surface area contributed by atoms with Gasteiger partial charge in [-0.3, -0.25) is 4.79 Å². The smallest absolute Gasteiger partial charge is 0.239 e. The molecular formula is C19H23ClN2O2. The number of carbonyl (C=O) groups excluding carboxylic acids is 1. The van der Waals surface area contributed by atoms with Crippen LogP contribution in [0.1, 0.15) is 19.4 Å². The van der Waals surface area contributed by atoms with Crippen molar-refractivity contribution in [1.29, 1.82) is 0 Å². The molecule has 2 aromatic carbocycles. The van der Waals surface area contributed by atoms with Gasteiger partial charge in [0.1, 0.15) is 5.75 Å². The molecule has 0 saturated carbocycles. The molecule has 1 amide bonds. The summed E-state index contributed by atoms with van der Waals surface area (Å²) < 4.78 is 5.58. The Kier molecular flexibility index (Phi) is 6.94. The first kappa shape index (κ1) is 18.1. The third kappa shape index (κ3) is 6.50. The number of ether oxygens (including phenoxy) is 1. The van der Waals surface area contributed by atoms with Crippen LogP contribution < -0.4 is 15.4 Å². The van der Waals surface area contributed by atoms with E-state index in [0.717, 1.165) is 28.4 Å². The predicted octanol–water partition coefficient (Wildman–Crippen LogP) is 3.90. The topological polar surface area (TPSA) is 50.4 Å². The van der Waals surface area contributed by atoms with E-state index in [9.17, 15) is 4.79 Å². The maximum atomic E-state index is 11.9. The van der Waals surface area contributed by atoms with Crippen LogP contribution in [-0.2, 0) is 11.2 Å². The van der Waals surface area contributed by atoms with Crippen LogP contribution in [0.2, 0.25) is 5.02 Å². The molecule has 0 aliphatic carbocycles. The summed E-state index contributed by atoms with van der Waals surface area (Å²) in [7, 11) is 0. The first-order valence-corrected chi connectivity index (χ1v) is 8.42. The van der Waals surface area contributed by atoms with Gasteiger partial charge >= 0.3 is 0 Å². The average molecular weight is 347 g/mol. The molecule has 2 aromatic rings. The van der Waals surface area contributed by atoms with Gasteiger partial charge in [0.25, 0.3) is 0 Å². The zero-order valence-corrected chi connectivity index (χ0v) is 14.8. The molecule has 2 N–H and O–H groups in total. The Morgan fingerprint density at radius 1 is 1.08 bits per heavy atom. The summed E-state index contributed by atoms with van der Waals surface area (Å²) >= 11 is 5.84. The monoisotopic (exact) mass is 346 g/mol. The van der Waals surface area contributed by atoms with Crippen molar-refractivity contribution in [3.05, 3.63) is 59.1 Å². The number of rotatable bonds is 8. The van der Waals surface area contributed by atoms with E-state index >= 15 is 0 Å². The standard InChI is InChI=1S/C19H23ClN2O2/c1-14(2)24-18-9-7-17(8-10-18)22-13-19(23)21-12-11-15-3-5-16(20)6-4-15/h3-10,14,22H,11-13H2,1-2H3,(H,21,23). The first-order chi connectivity index (χ1) is 11.5. The highest BCUT2D eigenvalue weighted by Gasteiger charge is 2.02. The van der Waals surface area contributed by atoms with Crippen LogP contribution in [0.5, 0.6) is 5.75 Å². The number of benzene rings is 2. The van der Waals surface area contributed by atoms with E-state index in [2.05, 4.69) is 10.6 Å². The van der Waals surface area contributed by atoms with E-state index in [0.29, 0.717) is 6.54 Å². The second-order valence-corrected chi connectivity index (χ2v) is 6.21. The Hall–Kier alpha value is -2.20. The SMILES string of the molecule is CC(C)Oc1ccc(NCC(=O)NCCc2ccc(Cl)cc2)cc1. The molecule has 2 rings (SSSR count). The predicted molar refractivity (Wildman–Crippen MR) is 98.9 cm³/mol. The Morgan fingerprint density at radius 3 is 2.38 bits per heavy atom. The van der Waals surface area contributed by atoms with Gasteiger partial charge in [-0.15, -0.1) is 0 Å². The van der Waals surface area contributed by atoms with Crippen LogP contribution in [0.15, 0.2) is 48.5 Å². The second-order valence-electron chi connectivity index (χ2n) is 5.77. The zero-order chi connectivity index (χ0) is 17.4. The molecule has 0 atom stereocenters. The quantitative estimate of drug-likeness (QED) is 0.762. The number of amides is 1. The fraction of sp³-hybridized carbons (Fsp3) is 0.316. The number of halogens is 1. The highest BCUT2D eigenvalue weighted by molar-refractivity contribution is 6.30. The van der Waals surface area contributed by atoms with Crippen molar-refractivity contribution in [3.63, 3.8) is 0 Å². The lowest BCUT2D eigenvalue weighted by molar-refractivity contribution is -0.119. The van der Waals surface area contributed by atoms with Gasteiger partial charge in [0, 0.05) is 17.3 Å². The molecule has 0 aliphatic heterocycles. The molecule has 0 aliphatic rings. The normalized spacial score (nSPS) is 10.5. The minimum atomic E-state index is -0.0357. The van der Waals surface area contributed by atoms with E-state index in [1.165, 1.54) is 0 Å². The lowest BCUT2D eigenvalue weighted by atomic mass is 10.1. The highest BCUT2D eigenvalue weighted by Crippen LogP contribution is 2.16. The van der Waals surface area contributed by atoms with E-state index in [4.69, 9.17) is 16.3 Å². The Morgan fingerprint density at radius 2 is 1.75 bits per heavy atom. The van der Waals surface area contributed by atoms with Crippen LogP contribution in [0.25, 0.3) is 0 Å². The molecular weight excluding hydrogens is 324 g/mol. The molecule has 0 saturated heterocycles.